The van der Waals surface area contributed by atoms with E-state index in [-0.39, 0.29) is 0 Å². The molecule has 0 saturated carbocycles. The van der Waals surface area contributed by atoms with E-state index < -0.39 is 7.12 Å². The summed E-state index contributed by atoms with van der Waals surface area (Å²) in [6, 6.07) is 22.8. The first-order chi connectivity index (χ1) is 20.5. The van der Waals surface area contributed by atoms with Crippen molar-refractivity contribution in [1.82, 2.24) is 29.1 Å². The minimum absolute atomic E-state index is 0.617. The van der Waals surface area contributed by atoms with Crippen LogP contribution in [0.5, 0.6) is 0 Å². The standard InChI is InChI=1S/C27H13BBr6Cl3N6/c29-19-22(13-1-7-16(35)8-2-13)41(38-25(19)32)28(42-23(20(30)26(33)39-42)14-3-9-17(36)10-4-14)43-24(21(31)27(34)40-43)15-5-11-18(37)12-6-15/h1-12,28H/q-1. The molecule has 0 saturated heterocycles. The van der Waals surface area contributed by atoms with E-state index in [4.69, 9.17) is 50.1 Å². The van der Waals surface area contributed by atoms with E-state index in [1.54, 1.807) is 0 Å². The first-order valence-corrected chi connectivity index (χ1v) is 18.2. The average molecular weight is 1020 g/mol. The van der Waals surface area contributed by atoms with Gasteiger partial charge in [0, 0.05) is 32.1 Å². The Bertz CT molecular complexity index is 1750. The highest BCUT2D eigenvalue weighted by Crippen LogP contribution is 2.41. The summed E-state index contributed by atoms with van der Waals surface area (Å²) < 4.78 is 9.97. The number of halogens is 9. The van der Waals surface area contributed by atoms with Gasteiger partial charge in [0.25, 0.3) is 0 Å². The van der Waals surface area contributed by atoms with E-state index in [0.29, 0.717) is 28.9 Å². The third-order valence-electron chi connectivity index (χ3n) is 6.72. The first kappa shape index (κ1) is 32.1. The summed E-state index contributed by atoms with van der Waals surface area (Å²) in [5.74, 6) is 0. The van der Waals surface area contributed by atoms with Crippen molar-refractivity contribution in [2.45, 2.75) is 0 Å². The highest BCUT2D eigenvalue weighted by Gasteiger charge is 2.29. The van der Waals surface area contributed by atoms with Crippen molar-refractivity contribution < 1.29 is 0 Å². The Morgan fingerprint density at radius 1 is 0.419 bits per heavy atom. The van der Waals surface area contributed by atoms with Gasteiger partial charge in [-0.3, -0.25) is 0 Å². The summed E-state index contributed by atoms with van der Waals surface area (Å²) in [5.41, 5.74) is 5.09. The van der Waals surface area contributed by atoms with Crippen molar-refractivity contribution in [3.63, 3.8) is 0 Å². The fourth-order valence-corrected chi connectivity index (χ4v) is 7.93. The second-order valence-corrected chi connectivity index (χ2v) is 15.2. The van der Waals surface area contributed by atoms with Gasteiger partial charge in [-0.15, -0.1) is 0 Å². The molecule has 0 spiro atoms. The Balaban J connectivity index is 1.72. The van der Waals surface area contributed by atoms with Crippen molar-refractivity contribution >= 4 is 138 Å². The molecular weight excluding hydrogens is 1000 g/mol. The van der Waals surface area contributed by atoms with Crippen LogP contribution in [-0.4, -0.2) is 36.2 Å². The molecule has 0 amide bonds. The van der Waals surface area contributed by atoms with Gasteiger partial charge in [-0.05, 0) is 149 Å². The van der Waals surface area contributed by atoms with Gasteiger partial charge in [-0.1, -0.05) is 71.2 Å². The van der Waals surface area contributed by atoms with Gasteiger partial charge in [0.05, 0.1) is 13.4 Å². The molecule has 0 aliphatic rings. The number of rotatable bonds is 6. The van der Waals surface area contributed by atoms with Gasteiger partial charge < -0.3 is 13.8 Å². The molecule has 218 valence electrons. The van der Waals surface area contributed by atoms with Crippen molar-refractivity contribution in [3.05, 3.63) is 115 Å². The van der Waals surface area contributed by atoms with Crippen LogP contribution in [0.1, 0.15) is 0 Å². The monoisotopic (exact) mass is 1010 g/mol. The summed E-state index contributed by atoms with van der Waals surface area (Å²) in [6.07, 6.45) is 0. The molecule has 0 fully saturated rings. The lowest BCUT2D eigenvalue weighted by atomic mass is 9.90. The first-order valence-electron chi connectivity index (χ1n) is 12.3. The number of hydrogen-bond donors (Lipinski definition) is 0. The molecule has 6 rings (SSSR count). The molecule has 3 aromatic heterocycles. The van der Waals surface area contributed by atoms with E-state index >= 15 is 0 Å². The molecule has 0 radical (unpaired) electrons. The number of aromatic nitrogens is 6. The molecule has 0 atom stereocenters. The van der Waals surface area contributed by atoms with Crippen LogP contribution in [0.3, 0.4) is 0 Å². The van der Waals surface area contributed by atoms with Crippen LogP contribution in [-0.2, 0) is 0 Å². The maximum atomic E-state index is 6.27. The van der Waals surface area contributed by atoms with Crippen LogP contribution in [0.4, 0.5) is 0 Å². The molecule has 0 unspecified atom stereocenters. The van der Waals surface area contributed by atoms with E-state index in [1.165, 1.54) is 0 Å². The smallest absolute Gasteiger partial charge is 0.327 e. The summed E-state index contributed by atoms with van der Waals surface area (Å²) in [7, 11) is -2.03. The molecular formula is C27H13BBr6Cl3N6-. The van der Waals surface area contributed by atoms with Gasteiger partial charge in [0.2, 0.25) is 0 Å². The molecule has 0 bridgehead atoms. The third kappa shape index (κ3) is 6.15. The fraction of sp³-hybridized carbons (Fsp3) is 0. The average Bonchev–Trinajstić information content (AvgIpc) is 3.56. The van der Waals surface area contributed by atoms with Gasteiger partial charge >= 0.3 is 7.12 Å². The normalized spacial score (nSPS) is 11.6. The van der Waals surface area contributed by atoms with Gasteiger partial charge in [0.15, 0.2) is 0 Å². The number of nitrogens with zero attached hydrogens (tertiary/aromatic N) is 6. The van der Waals surface area contributed by atoms with Crippen LogP contribution in [0.2, 0.25) is 15.1 Å². The maximum Gasteiger partial charge on any atom is 0.327 e. The molecule has 0 aliphatic carbocycles. The van der Waals surface area contributed by atoms with Crippen LogP contribution < -0.4 is 0 Å². The lowest BCUT2D eigenvalue weighted by Crippen LogP contribution is -2.45. The second-order valence-electron chi connectivity index (χ2n) is 9.30. The molecule has 43 heavy (non-hydrogen) atoms. The summed E-state index contributed by atoms with van der Waals surface area (Å²) >= 11 is 41.1. The Morgan fingerprint density at radius 2 is 0.651 bits per heavy atom. The maximum absolute atomic E-state index is 6.27. The largest absolute Gasteiger partial charge is 0.394 e. The summed E-state index contributed by atoms with van der Waals surface area (Å²) in [5, 5.41) is 16.9. The molecule has 3 heterocycles. The molecule has 6 aromatic rings. The second kappa shape index (κ2) is 13.1. The van der Waals surface area contributed by atoms with Crippen LogP contribution in [0.25, 0.3) is 33.8 Å². The summed E-state index contributed by atoms with van der Waals surface area (Å²) in [4.78, 5) is 0. The zero-order chi connectivity index (χ0) is 30.6. The SMILES string of the molecule is Clc1ccc(-c2c(Br)c(Br)nn2[BH-](n2nc(Br)c(Br)c2-c2ccc(Cl)cc2)n2nc(Br)c(Br)c2-c2ccc(Cl)cc2)cc1. The van der Waals surface area contributed by atoms with Crippen LogP contribution in [0.15, 0.2) is 100 Å². The highest BCUT2D eigenvalue weighted by molar-refractivity contribution is 9.13. The topological polar surface area (TPSA) is 53.5 Å². The zero-order valence-corrected chi connectivity index (χ0v) is 33.0. The molecule has 3 aromatic carbocycles. The van der Waals surface area contributed by atoms with Crippen LogP contribution >= 0.6 is 130 Å². The molecule has 0 N–H and O–H groups in total. The minimum Gasteiger partial charge on any atom is -0.394 e. The third-order valence-corrected chi connectivity index (χ3v) is 13.0. The lowest BCUT2D eigenvalue weighted by molar-refractivity contribution is 0.772. The molecule has 6 nitrogen and oxygen atoms in total. The number of benzene rings is 3. The van der Waals surface area contributed by atoms with E-state index in [1.807, 2.05) is 86.6 Å². The van der Waals surface area contributed by atoms with Crippen LogP contribution in [0, 0.1) is 0 Å². The van der Waals surface area contributed by atoms with E-state index in [9.17, 15) is 0 Å². The number of hydrogen-bond acceptors (Lipinski definition) is 3. The molecule has 0 aliphatic heterocycles. The molecule has 16 heteroatoms. The quantitative estimate of drug-likeness (QED) is 0.156. The van der Waals surface area contributed by atoms with Gasteiger partial charge in [-0.2, -0.15) is 0 Å². The lowest BCUT2D eigenvalue weighted by Gasteiger charge is -2.32. The minimum atomic E-state index is -2.03. The van der Waals surface area contributed by atoms with Crippen molar-refractivity contribution in [3.8, 4) is 33.8 Å². The Morgan fingerprint density at radius 3 is 0.884 bits per heavy atom. The predicted octanol–water partition coefficient (Wildman–Crippen LogP) is 11.5. The van der Waals surface area contributed by atoms with Crippen molar-refractivity contribution in [1.29, 1.82) is 0 Å². The highest BCUT2D eigenvalue weighted by atomic mass is 79.9. The Labute approximate surface area is 312 Å². The van der Waals surface area contributed by atoms with E-state index in [0.717, 1.165) is 47.2 Å². The Hall–Kier alpha value is -0.895. The van der Waals surface area contributed by atoms with Gasteiger partial charge in [-0.25, -0.2) is 15.3 Å². The Kier molecular flexibility index (Phi) is 9.75. The fourth-order valence-electron chi connectivity index (χ4n) is 4.88. The van der Waals surface area contributed by atoms with Crippen molar-refractivity contribution in [2.75, 3.05) is 0 Å². The summed E-state index contributed by atoms with van der Waals surface area (Å²) in [6.45, 7) is 0. The van der Waals surface area contributed by atoms with Gasteiger partial charge in [0.1, 0.15) is 13.8 Å². The van der Waals surface area contributed by atoms with Crippen molar-refractivity contribution in [2.24, 2.45) is 0 Å². The zero-order valence-electron chi connectivity index (χ0n) is 21.2. The predicted molar refractivity (Wildman–Crippen MR) is 198 cm³/mol. The van der Waals surface area contributed by atoms with E-state index in [2.05, 4.69) is 95.6 Å².